The molecule has 3 heteroatoms. The second-order valence-corrected chi connectivity index (χ2v) is 3.43. The summed E-state index contributed by atoms with van der Waals surface area (Å²) in [5.74, 6) is 0.863. The van der Waals surface area contributed by atoms with Crippen molar-refractivity contribution in [2.45, 2.75) is 24.5 Å². The molecule has 1 aliphatic carbocycles. The lowest BCUT2D eigenvalue weighted by molar-refractivity contribution is 0.257. The average Bonchev–Trinajstić information content (AvgIpc) is 2.88. The molecule has 13 heavy (non-hydrogen) atoms. The lowest BCUT2D eigenvalue weighted by atomic mass is 9.95. The Morgan fingerprint density at radius 1 is 1.69 bits per heavy atom. The van der Waals surface area contributed by atoms with Crippen LogP contribution in [0.3, 0.4) is 0 Å². The van der Waals surface area contributed by atoms with E-state index in [0.29, 0.717) is 0 Å². The summed E-state index contributed by atoms with van der Waals surface area (Å²) in [5.41, 5.74) is -0.120. The second-order valence-electron chi connectivity index (χ2n) is 3.43. The zero-order valence-electron chi connectivity index (χ0n) is 7.69. The molecule has 1 fully saturated rings. The SMILES string of the molecule is COC1=CC2OC2(CCCO)C=C1. The van der Waals surface area contributed by atoms with Crippen molar-refractivity contribution in [3.05, 3.63) is 24.0 Å². The topological polar surface area (TPSA) is 42.0 Å². The molecule has 0 radical (unpaired) electrons. The molecule has 2 unspecified atom stereocenters. The highest BCUT2D eigenvalue weighted by molar-refractivity contribution is 5.34. The molecule has 0 aromatic heterocycles. The quantitative estimate of drug-likeness (QED) is 0.659. The molecule has 0 spiro atoms. The number of rotatable bonds is 4. The summed E-state index contributed by atoms with van der Waals surface area (Å²) in [4.78, 5) is 0. The molecule has 0 aromatic carbocycles. The highest BCUT2D eigenvalue weighted by atomic mass is 16.6. The first-order valence-electron chi connectivity index (χ1n) is 4.54. The first kappa shape index (κ1) is 8.78. The van der Waals surface area contributed by atoms with Gasteiger partial charge in [-0.3, -0.25) is 0 Å². The molecule has 1 N–H and O–H groups in total. The van der Waals surface area contributed by atoms with Crippen molar-refractivity contribution in [2.75, 3.05) is 13.7 Å². The van der Waals surface area contributed by atoms with Crippen molar-refractivity contribution in [1.29, 1.82) is 0 Å². The molecule has 2 atom stereocenters. The number of aliphatic hydroxyl groups excluding tert-OH is 1. The lowest BCUT2D eigenvalue weighted by Crippen LogP contribution is -2.14. The fraction of sp³-hybridized carbons (Fsp3) is 0.600. The summed E-state index contributed by atoms with van der Waals surface area (Å²) in [6.45, 7) is 0.229. The molecule has 2 aliphatic rings. The van der Waals surface area contributed by atoms with E-state index in [1.165, 1.54) is 0 Å². The summed E-state index contributed by atoms with van der Waals surface area (Å²) >= 11 is 0. The molecule has 1 heterocycles. The van der Waals surface area contributed by atoms with Crippen molar-refractivity contribution in [2.24, 2.45) is 0 Å². The lowest BCUT2D eigenvalue weighted by Gasteiger charge is -2.10. The number of aliphatic hydroxyl groups is 1. The van der Waals surface area contributed by atoms with Crippen molar-refractivity contribution in [3.8, 4) is 0 Å². The van der Waals surface area contributed by atoms with Crippen LogP contribution in [0.5, 0.6) is 0 Å². The number of ether oxygens (including phenoxy) is 2. The van der Waals surface area contributed by atoms with Crippen LogP contribution in [0.25, 0.3) is 0 Å². The molecule has 72 valence electrons. The summed E-state index contributed by atoms with van der Waals surface area (Å²) < 4.78 is 10.6. The van der Waals surface area contributed by atoms with E-state index in [9.17, 15) is 0 Å². The summed E-state index contributed by atoms with van der Waals surface area (Å²) in [6.07, 6.45) is 7.79. The van der Waals surface area contributed by atoms with Crippen LogP contribution in [0.15, 0.2) is 24.0 Å². The Kier molecular flexibility index (Phi) is 2.14. The van der Waals surface area contributed by atoms with Crippen molar-refractivity contribution < 1.29 is 14.6 Å². The predicted octanol–water partition coefficient (Wildman–Crippen LogP) is 0.997. The number of hydrogen-bond donors (Lipinski definition) is 1. The Morgan fingerprint density at radius 3 is 3.15 bits per heavy atom. The van der Waals surface area contributed by atoms with Crippen molar-refractivity contribution >= 4 is 0 Å². The maximum absolute atomic E-state index is 8.71. The Balaban J connectivity index is 1.96. The first-order valence-corrected chi connectivity index (χ1v) is 4.54. The van der Waals surface area contributed by atoms with Gasteiger partial charge < -0.3 is 14.6 Å². The Labute approximate surface area is 77.7 Å². The largest absolute Gasteiger partial charge is 0.497 e. The van der Waals surface area contributed by atoms with Gasteiger partial charge in [-0.15, -0.1) is 0 Å². The van der Waals surface area contributed by atoms with Crippen molar-refractivity contribution in [3.63, 3.8) is 0 Å². The summed E-state index contributed by atoms with van der Waals surface area (Å²) in [6, 6.07) is 0. The first-order chi connectivity index (χ1) is 6.30. The fourth-order valence-corrected chi connectivity index (χ4v) is 1.72. The number of hydrogen-bond acceptors (Lipinski definition) is 3. The third kappa shape index (κ3) is 1.49. The minimum absolute atomic E-state index is 0.120. The highest BCUT2D eigenvalue weighted by Gasteiger charge is 2.54. The molecule has 2 rings (SSSR count). The predicted molar refractivity (Wildman–Crippen MR) is 48.2 cm³/mol. The molecule has 1 saturated heterocycles. The summed E-state index contributed by atoms with van der Waals surface area (Å²) in [5, 5.41) is 8.71. The smallest absolute Gasteiger partial charge is 0.118 e. The van der Waals surface area contributed by atoms with Gasteiger partial charge in [-0.05, 0) is 31.1 Å². The standard InChI is InChI=1S/C10H14O3/c1-12-8-3-5-10(4-2-6-11)9(7-8)13-10/h3,5,7,9,11H,2,4,6H2,1H3. The van der Waals surface area contributed by atoms with E-state index in [4.69, 9.17) is 14.6 Å². The molecule has 0 amide bonds. The van der Waals surface area contributed by atoms with Crippen LogP contribution in [-0.4, -0.2) is 30.5 Å². The van der Waals surface area contributed by atoms with Crippen LogP contribution in [0.2, 0.25) is 0 Å². The zero-order chi connectivity index (χ0) is 9.31. The molecule has 0 bridgehead atoms. The van der Waals surface area contributed by atoms with Gasteiger partial charge in [0.2, 0.25) is 0 Å². The van der Waals surface area contributed by atoms with Gasteiger partial charge in [0.05, 0.1) is 7.11 Å². The minimum Gasteiger partial charge on any atom is -0.497 e. The maximum atomic E-state index is 8.71. The molecule has 0 aromatic rings. The molecular formula is C10H14O3. The van der Waals surface area contributed by atoms with Gasteiger partial charge in [-0.2, -0.15) is 0 Å². The number of allylic oxidation sites excluding steroid dienone is 1. The van der Waals surface area contributed by atoms with E-state index < -0.39 is 0 Å². The minimum atomic E-state index is -0.120. The number of methoxy groups -OCH3 is 1. The molecule has 1 aliphatic heterocycles. The van der Waals surface area contributed by atoms with Crippen LogP contribution in [-0.2, 0) is 9.47 Å². The normalized spacial score (nSPS) is 35.2. The van der Waals surface area contributed by atoms with Gasteiger partial charge in [-0.25, -0.2) is 0 Å². The van der Waals surface area contributed by atoms with Gasteiger partial charge >= 0.3 is 0 Å². The maximum Gasteiger partial charge on any atom is 0.118 e. The van der Waals surface area contributed by atoms with Crippen LogP contribution in [0.4, 0.5) is 0 Å². The van der Waals surface area contributed by atoms with Crippen LogP contribution in [0.1, 0.15) is 12.8 Å². The van der Waals surface area contributed by atoms with Crippen LogP contribution >= 0.6 is 0 Å². The second kappa shape index (κ2) is 3.16. The van der Waals surface area contributed by atoms with Gasteiger partial charge in [0.1, 0.15) is 17.5 Å². The Hall–Kier alpha value is -0.800. The molecular weight excluding hydrogens is 168 g/mol. The van der Waals surface area contributed by atoms with Gasteiger partial charge in [-0.1, -0.05) is 0 Å². The van der Waals surface area contributed by atoms with E-state index in [1.807, 2.05) is 18.2 Å². The third-order valence-corrected chi connectivity index (χ3v) is 2.58. The zero-order valence-corrected chi connectivity index (χ0v) is 7.69. The van der Waals surface area contributed by atoms with Gasteiger partial charge in [0.25, 0.3) is 0 Å². The van der Waals surface area contributed by atoms with E-state index in [-0.39, 0.29) is 18.3 Å². The monoisotopic (exact) mass is 182 g/mol. The molecule has 0 saturated carbocycles. The van der Waals surface area contributed by atoms with Gasteiger partial charge in [0, 0.05) is 6.61 Å². The van der Waals surface area contributed by atoms with Crippen LogP contribution in [0, 0.1) is 0 Å². The average molecular weight is 182 g/mol. The van der Waals surface area contributed by atoms with E-state index >= 15 is 0 Å². The highest BCUT2D eigenvalue weighted by Crippen LogP contribution is 2.45. The van der Waals surface area contributed by atoms with Crippen molar-refractivity contribution in [1.82, 2.24) is 0 Å². The molecule has 3 nitrogen and oxygen atoms in total. The Bertz CT molecular complexity index is 257. The van der Waals surface area contributed by atoms with Crippen LogP contribution < -0.4 is 0 Å². The fourth-order valence-electron chi connectivity index (χ4n) is 1.72. The number of fused-ring (bicyclic) bond motifs is 1. The van der Waals surface area contributed by atoms with Gasteiger partial charge in [0.15, 0.2) is 0 Å². The number of epoxide rings is 1. The van der Waals surface area contributed by atoms with E-state index in [0.717, 1.165) is 18.6 Å². The third-order valence-electron chi connectivity index (χ3n) is 2.58. The Morgan fingerprint density at radius 2 is 2.54 bits per heavy atom. The van der Waals surface area contributed by atoms with E-state index in [2.05, 4.69) is 0 Å². The van der Waals surface area contributed by atoms with E-state index in [1.54, 1.807) is 7.11 Å². The summed E-state index contributed by atoms with van der Waals surface area (Å²) in [7, 11) is 1.65.